The number of nitrogens with one attached hydrogen (secondary N) is 1. The Hall–Kier alpha value is -1.11. The molecule has 1 aromatic rings. The van der Waals surface area contributed by atoms with Crippen LogP contribution in [-0.4, -0.2) is 39.0 Å². The molecule has 2 unspecified atom stereocenters. The van der Waals surface area contributed by atoms with Gasteiger partial charge in [-0.1, -0.05) is 0 Å². The van der Waals surface area contributed by atoms with Crippen LogP contribution in [0.25, 0.3) is 0 Å². The van der Waals surface area contributed by atoms with Crippen molar-refractivity contribution in [3.8, 4) is 0 Å². The average molecular weight is 297 g/mol. The van der Waals surface area contributed by atoms with Gasteiger partial charge in [-0.25, -0.2) is 13.1 Å². The normalized spacial score (nSPS) is 24.8. The fraction of sp³-hybridized carbons (Fsp3) is 0.571. The summed E-state index contributed by atoms with van der Waals surface area (Å²) in [7, 11) is -1.43. The minimum absolute atomic E-state index is 0.00654. The Morgan fingerprint density at radius 3 is 2.65 bits per heavy atom. The van der Waals surface area contributed by atoms with E-state index in [1.807, 2.05) is 6.92 Å². The van der Waals surface area contributed by atoms with Crippen molar-refractivity contribution in [3.05, 3.63) is 23.8 Å². The molecule has 1 aliphatic rings. The summed E-state index contributed by atoms with van der Waals surface area (Å²) < 4.78 is 27.6. The van der Waals surface area contributed by atoms with Crippen molar-refractivity contribution < 1.29 is 8.42 Å². The number of hydrogen-bond donors (Lipinski definition) is 2. The number of nitrogens with two attached hydrogens (primary N) is 1. The van der Waals surface area contributed by atoms with Crippen LogP contribution in [0.3, 0.4) is 0 Å². The maximum absolute atomic E-state index is 12.4. The van der Waals surface area contributed by atoms with Crippen LogP contribution in [0.5, 0.6) is 0 Å². The molecule has 1 aliphatic heterocycles. The van der Waals surface area contributed by atoms with Crippen molar-refractivity contribution in [2.45, 2.75) is 43.7 Å². The second-order valence-corrected chi connectivity index (χ2v) is 7.47. The highest BCUT2D eigenvalue weighted by Gasteiger charge is 2.27. The van der Waals surface area contributed by atoms with Gasteiger partial charge in [-0.2, -0.15) is 0 Å². The Morgan fingerprint density at radius 2 is 2.05 bits per heavy atom. The Bertz CT molecular complexity index is 566. The number of nitrogen functional groups attached to an aromatic ring is 1. The number of rotatable bonds is 3. The molecule has 0 radical (unpaired) electrons. The maximum atomic E-state index is 12.4. The van der Waals surface area contributed by atoms with Crippen molar-refractivity contribution in [2.24, 2.45) is 0 Å². The standard InChI is InChI=1S/C14H23N3O2S/c1-10-6-12(15)9-14(7-10)20(18,19)16-13-4-5-17(3)11(2)8-13/h6-7,9,11,13,16H,4-5,8,15H2,1-3H3. The SMILES string of the molecule is Cc1cc(N)cc(S(=O)(=O)NC2CCN(C)C(C)C2)c1. The molecule has 5 nitrogen and oxygen atoms in total. The van der Waals surface area contributed by atoms with E-state index >= 15 is 0 Å². The highest BCUT2D eigenvalue weighted by molar-refractivity contribution is 7.89. The fourth-order valence-electron chi connectivity index (χ4n) is 2.62. The summed E-state index contributed by atoms with van der Waals surface area (Å²) in [6, 6.07) is 5.30. The lowest BCUT2D eigenvalue weighted by Gasteiger charge is -2.35. The van der Waals surface area contributed by atoms with E-state index in [0.29, 0.717) is 11.7 Å². The topological polar surface area (TPSA) is 75.4 Å². The van der Waals surface area contributed by atoms with Gasteiger partial charge in [0.25, 0.3) is 0 Å². The summed E-state index contributed by atoms with van der Waals surface area (Å²) in [5, 5.41) is 0. The quantitative estimate of drug-likeness (QED) is 0.826. The van der Waals surface area contributed by atoms with Crippen molar-refractivity contribution in [3.63, 3.8) is 0 Å². The van der Waals surface area contributed by atoms with Gasteiger partial charge >= 0.3 is 0 Å². The van der Waals surface area contributed by atoms with Gasteiger partial charge in [0.2, 0.25) is 10.0 Å². The minimum atomic E-state index is -3.49. The maximum Gasteiger partial charge on any atom is 0.240 e. The summed E-state index contributed by atoms with van der Waals surface area (Å²) in [5.41, 5.74) is 7.05. The van der Waals surface area contributed by atoms with Crippen LogP contribution in [0.2, 0.25) is 0 Å². The van der Waals surface area contributed by atoms with E-state index < -0.39 is 10.0 Å². The van der Waals surface area contributed by atoms with Crippen LogP contribution < -0.4 is 10.5 Å². The lowest BCUT2D eigenvalue weighted by Crippen LogP contribution is -2.47. The number of anilines is 1. The van der Waals surface area contributed by atoms with E-state index in [4.69, 9.17) is 5.73 Å². The highest BCUT2D eigenvalue weighted by Crippen LogP contribution is 2.20. The van der Waals surface area contributed by atoms with E-state index in [-0.39, 0.29) is 10.9 Å². The number of aryl methyl sites for hydroxylation is 1. The molecule has 1 fully saturated rings. The Balaban J connectivity index is 2.15. The number of benzene rings is 1. The summed E-state index contributed by atoms with van der Waals surface area (Å²) in [5.74, 6) is 0. The lowest BCUT2D eigenvalue weighted by molar-refractivity contribution is 0.178. The molecule has 0 aliphatic carbocycles. The molecular weight excluding hydrogens is 274 g/mol. The zero-order valence-electron chi connectivity index (χ0n) is 12.3. The zero-order chi connectivity index (χ0) is 14.9. The molecule has 0 bridgehead atoms. The number of hydrogen-bond acceptors (Lipinski definition) is 4. The zero-order valence-corrected chi connectivity index (χ0v) is 13.1. The fourth-order valence-corrected chi connectivity index (χ4v) is 4.04. The lowest BCUT2D eigenvalue weighted by atomic mass is 10.0. The van der Waals surface area contributed by atoms with Crippen LogP contribution in [0, 0.1) is 6.92 Å². The molecule has 20 heavy (non-hydrogen) atoms. The molecule has 2 rings (SSSR count). The minimum Gasteiger partial charge on any atom is -0.399 e. The van der Waals surface area contributed by atoms with Crippen LogP contribution in [0.4, 0.5) is 5.69 Å². The van der Waals surface area contributed by atoms with Crippen molar-refractivity contribution in [1.29, 1.82) is 0 Å². The van der Waals surface area contributed by atoms with E-state index in [0.717, 1.165) is 24.9 Å². The van der Waals surface area contributed by atoms with Gasteiger partial charge in [-0.05, 0) is 64.0 Å². The Kier molecular flexibility index (Phi) is 4.36. The molecule has 112 valence electrons. The summed E-state index contributed by atoms with van der Waals surface area (Å²) >= 11 is 0. The first-order valence-corrected chi connectivity index (χ1v) is 8.36. The van der Waals surface area contributed by atoms with Gasteiger partial charge in [0.15, 0.2) is 0 Å². The van der Waals surface area contributed by atoms with Gasteiger partial charge in [-0.3, -0.25) is 0 Å². The molecule has 1 heterocycles. The highest BCUT2D eigenvalue weighted by atomic mass is 32.2. The second kappa shape index (κ2) is 5.71. The van der Waals surface area contributed by atoms with Crippen LogP contribution in [0.15, 0.2) is 23.1 Å². The largest absolute Gasteiger partial charge is 0.399 e. The molecule has 6 heteroatoms. The third kappa shape index (κ3) is 3.50. The van der Waals surface area contributed by atoms with Crippen LogP contribution in [-0.2, 0) is 10.0 Å². The summed E-state index contributed by atoms with van der Waals surface area (Å²) in [6.45, 7) is 4.86. The molecule has 3 N–H and O–H groups in total. The van der Waals surface area contributed by atoms with Gasteiger partial charge in [-0.15, -0.1) is 0 Å². The smallest absolute Gasteiger partial charge is 0.240 e. The molecule has 0 saturated carbocycles. The number of piperidine rings is 1. The first kappa shape index (κ1) is 15.3. The number of sulfonamides is 1. The molecule has 2 atom stereocenters. The van der Waals surface area contributed by atoms with Crippen LogP contribution in [0.1, 0.15) is 25.3 Å². The van der Waals surface area contributed by atoms with E-state index in [1.165, 1.54) is 6.07 Å². The molecule has 1 saturated heterocycles. The van der Waals surface area contributed by atoms with Crippen molar-refractivity contribution >= 4 is 15.7 Å². The molecule has 0 spiro atoms. The van der Waals surface area contributed by atoms with E-state index in [9.17, 15) is 8.42 Å². The first-order valence-electron chi connectivity index (χ1n) is 6.87. The summed E-state index contributed by atoms with van der Waals surface area (Å²) in [6.07, 6.45) is 1.67. The van der Waals surface area contributed by atoms with Crippen LogP contribution >= 0.6 is 0 Å². The van der Waals surface area contributed by atoms with E-state index in [2.05, 4.69) is 23.6 Å². The molecule has 1 aromatic carbocycles. The molecular formula is C14H23N3O2S. The first-order chi connectivity index (χ1) is 9.28. The predicted octanol–water partition coefficient (Wildman–Crippen LogP) is 1.34. The van der Waals surface area contributed by atoms with Gasteiger partial charge in [0.05, 0.1) is 4.90 Å². The van der Waals surface area contributed by atoms with Gasteiger partial charge in [0.1, 0.15) is 0 Å². The predicted molar refractivity (Wildman–Crippen MR) is 81.0 cm³/mol. The third-order valence-corrected chi connectivity index (χ3v) is 5.41. The average Bonchev–Trinajstić information content (AvgIpc) is 2.32. The third-order valence-electron chi connectivity index (χ3n) is 3.91. The van der Waals surface area contributed by atoms with E-state index in [1.54, 1.807) is 12.1 Å². The number of likely N-dealkylation sites (tertiary alicyclic amines) is 1. The Labute approximate surface area is 121 Å². The second-order valence-electron chi connectivity index (χ2n) is 5.75. The number of nitrogens with zero attached hydrogens (tertiary/aromatic N) is 1. The van der Waals surface area contributed by atoms with Gasteiger partial charge < -0.3 is 10.6 Å². The molecule has 0 amide bonds. The Morgan fingerprint density at radius 1 is 1.35 bits per heavy atom. The van der Waals surface area contributed by atoms with Gasteiger partial charge in [0, 0.05) is 17.8 Å². The monoisotopic (exact) mass is 297 g/mol. The van der Waals surface area contributed by atoms with Crippen molar-refractivity contribution in [1.82, 2.24) is 9.62 Å². The summed E-state index contributed by atoms with van der Waals surface area (Å²) in [4.78, 5) is 2.50. The molecule has 0 aromatic heterocycles. The van der Waals surface area contributed by atoms with Crippen molar-refractivity contribution in [2.75, 3.05) is 19.3 Å².